The van der Waals surface area contributed by atoms with Crippen LogP contribution in [0.1, 0.15) is 80.6 Å². The van der Waals surface area contributed by atoms with E-state index in [0.717, 1.165) is 37.9 Å². The first kappa shape index (κ1) is 18.2. The Morgan fingerprint density at radius 1 is 1.19 bits per heavy atom. The monoisotopic (exact) mass is 373 g/mol. The Kier molecular flexibility index (Phi) is 5.49. The molecule has 2 saturated carbocycles. The molecule has 3 aliphatic rings. The number of aryl methyl sites for hydroxylation is 1. The average molecular weight is 374 g/mol. The van der Waals surface area contributed by atoms with Crippen LogP contribution in [0.3, 0.4) is 0 Å². The summed E-state index contributed by atoms with van der Waals surface area (Å²) in [5.41, 5.74) is 2.57. The van der Waals surface area contributed by atoms with Gasteiger partial charge in [0.15, 0.2) is 0 Å². The second kappa shape index (κ2) is 7.84. The van der Waals surface area contributed by atoms with Crippen molar-refractivity contribution in [2.24, 2.45) is 0 Å². The van der Waals surface area contributed by atoms with Gasteiger partial charge in [-0.25, -0.2) is 0 Å². The highest BCUT2D eigenvalue weighted by Crippen LogP contribution is 2.51. The lowest BCUT2D eigenvalue weighted by atomic mass is 9.88. The van der Waals surface area contributed by atoms with Crippen LogP contribution < -0.4 is 10.1 Å². The summed E-state index contributed by atoms with van der Waals surface area (Å²) in [5.74, 6) is 1.82. The summed E-state index contributed by atoms with van der Waals surface area (Å²) in [4.78, 5) is 12.5. The van der Waals surface area contributed by atoms with E-state index in [-0.39, 0.29) is 11.5 Å². The molecule has 2 aliphatic carbocycles. The van der Waals surface area contributed by atoms with E-state index < -0.39 is 0 Å². The van der Waals surface area contributed by atoms with Crippen LogP contribution in [-0.4, -0.2) is 23.3 Å². The lowest BCUT2D eigenvalue weighted by molar-refractivity contribution is -0.119. The molecule has 26 heavy (non-hydrogen) atoms. The Labute approximate surface area is 161 Å². The minimum atomic E-state index is 0.0137. The smallest absolute Gasteiger partial charge is 0.230 e. The minimum Gasteiger partial charge on any atom is -0.487 e. The normalized spacial score (nSPS) is 24.9. The predicted octanol–water partition coefficient (Wildman–Crippen LogP) is 5.31. The third-order valence-corrected chi connectivity index (χ3v) is 7.55. The summed E-state index contributed by atoms with van der Waals surface area (Å²) in [7, 11) is 0. The number of amides is 1. The Morgan fingerprint density at radius 2 is 1.96 bits per heavy atom. The van der Waals surface area contributed by atoms with Gasteiger partial charge in [0.1, 0.15) is 11.4 Å². The molecule has 2 fully saturated rings. The summed E-state index contributed by atoms with van der Waals surface area (Å²) in [6.07, 6.45) is 12.0. The quantitative estimate of drug-likeness (QED) is 0.777. The summed E-state index contributed by atoms with van der Waals surface area (Å²) in [6.45, 7) is 2.14. The number of carbonyl (C=O) groups is 1. The molecule has 1 spiro atoms. The van der Waals surface area contributed by atoms with Crippen LogP contribution in [0.25, 0.3) is 0 Å². The summed E-state index contributed by atoms with van der Waals surface area (Å²) in [6, 6.07) is 6.94. The number of hydrogen-bond acceptors (Lipinski definition) is 3. The number of fused-ring (bicyclic) bond motifs is 1. The number of hydrogen-bond donors (Lipinski definition) is 1. The van der Waals surface area contributed by atoms with E-state index >= 15 is 0 Å². The van der Waals surface area contributed by atoms with E-state index in [9.17, 15) is 4.79 Å². The van der Waals surface area contributed by atoms with Crippen LogP contribution in [-0.2, 0) is 4.79 Å². The van der Waals surface area contributed by atoms with Crippen molar-refractivity contribution in [2.75, 3.05) is 5.75 Å². The fourth-order valence-corrected chi connectivity index (χ4v) is 6.12. The highest BCUT2D eigenvalue weighted by Gasteiger charge is 2.43. The van der Waals surface area contributed by atoms with Gasteiger partial charge in [0.2, 0.25) is 5.91 Å². The maximum atomic E-state index is 12.5. The van der Waals surface area contributed by atoms with Crippen LogP contribution in [0.4, 0.5) is 0 Å². The van der Waals surface area contributed by atoms with Gasteiger partial charge in [-0.2, -0.15) is 0 Å². The fraction of sp³-hybridized carbons (Fsp3) is 0.682. The maximum absolute atomic E-state index is 12.5. The zero-order valence-corrected chi connectivity index (χ0v) is 16.7. The molecule has 1 amide bonds. The van der Waals surface area contributed by atoms with Crippen molar-refractivity contribution in [1.82, 2.24) is 5.32 Å². The van der Waals surface area contributed by atoms with Crippen molar-refractivity contribution in [3.05, 3.63) is 29.3 Å². The predicted molar refractivity (Wildman–Crippen MR) is 108 cm³/mol. The van der Waals surface area contributed by atoms with E-state index in [1.165, 1.54) is 43.2 Å². The van der Waals surface area contributed by atoms with Gasteiger partial charge in [-0.3, -0.25) is 4.79 Å². The molecular weight excluding hydrogens is 342 g/mol. The maximum Gasteiger partial charge on any atom is 0.230 e. The van der Waals surface area contributed by atoms with E-state index in [0.29, 0.717) is 17.0 Å². The van der Waals surface area contributed by atoms with Crippen LogP contribution in [0, 0.1) is 6.92 Å². The van der Waals surface area contributed by atoms with Gasteiger partial charge in [-0.1, -0.05) is 37.0 Å². The molecule has 4 rings (SSSR count). The van der Waals surface area contributed by atoms with Crippen LogP contribution in [0.15, 0.2) is 18.2 Å². The van der Waals surface area contributed by atoms with Gasteiger partial charge in [0.05, 0.1) is 5.75 Å². The lowest BCUT2D eigenvalue weighted by Crippen LogP contribution is -2.39. The molecule has 0 saturated heterocycles. The third-order valence-electron chi connectivity index (χ3n) is 6.30. The highest BCUT2D eigenvalue weighted by molar-refractivity contribution is 8.00. The number of rotatable bonds is 4. The number of ether oxygens (including phenoxy) is 1. The molecule has 3 nitrogen and oxygen atoms in total. The van der Waals surface area contributed by atoms with E-state index in [2.05, 4.69) is 30.4 Å². The van der Waals surface area contributed by atoms with Crippen molar-refractivity contribution in [3.8, 4) is 5.75 Å². The first-order chi connectivity index (χ1) is 12.6. The van der Waals surface area contributed by atoms with E-state index in [1.54, 1.807) is 0 Å². The number of benzene rings is 1. The molecule has 1 aromatic carbocycles. The summed E-state index contributed by atoms with van der Waals surface area (Å²) < 4.78 is 6.48. The Bertz CT molecular complexity index is 648. The number of nitrogens with one attached hydrogen (secondary N) is 1. The van der Waals surface area contributed by atoms with Gasteiger partial charge in [-0.05, 0) is 51.5 Å². The van der Waals surface area contributed by atoms with Crippen molar-refractivity contribution >= 4 is 17.7 Å². The molecule has 4 heteroatoms. The molecule has 1 aromatic rings. The lowest BCUT2D eigenvalue weighted by Gasteiger charge is -2.40. The van der Waals surface area contributed by atoms with Gasteiger partial charge < -0.3 is 10.1 Å². The van der Waals surface area contributed by atoms with Crippen molar-refractivity contribution in [2.45, 2.75) is 88.0 Å². The Balaban J connectivity index is 1.42. The number of thioether (sulfide) groups is 1. The second-order valence-electron chi connectivity index (χ2n) is 8.44. The van der Waals surface area contributed by atoms with Crippen LogP contribution in [0.2, 0.25) is 0 Å². The highest BCUT2D eigenvalue weighted by atomic mass is 32.2. The molecular formula is C22H31NO2S. The van der Waals surface area contributed by atoms with Crippen molar-refractivity contribution < 1.29 is 9.53 Å². The second-order valence-corrected chi connectivity index (χ2v) is 9.63. The van der Waals surface area contributed by atoms with Crippen molar-refractivity contribution in [1.29, 1.82) is 0 Å². The van der Waals surface area contributed by atoms with E-state index in [4.69, 9.17) is 4.74 Å². The molecule has 0 unspecified atom stereocenters. The van der Waals surface area contributed by atoms with Crippen LogP contribution in [0.5, 0.6) is 5.75 Å². The van der Waals surface area contributed by atoms with Gasteiger partial charge in [-0.15, -0.1) is 11.8 Å². The first-order valence-corrected chi connectivity index (χ1v) is 11.4. The molecule has 1 atom stereocenters. The molecule has 1 heterocycles. The molecule has 0 aromatic heterocycles. The van der Waals surface area contributed by atoms with E-state index in [1.807, 2.05) is 11.8 Å². The Morgan fingerprint density at radius 3 is 2.73 bits per heavy atom. The zero-order valence-electron chi connectivity index (χ0n) is 15.9. The van der Waals surface area contributed by atoms with Gasteiger partial charge >= 0.3 is 0 Å². The molecule has 1 aliphatic heterocycles. The molecule has 1 N–H and O–H groups in total. The summed E-state index contributed by atoms with van der Waals surface area (Å²) >= 11 is 1.81. The SMILES string of the molecule is Cc1ccc2c(c1)[C@H](SCC(=O)NC1CCCCC1)CC1(CCCC1)O2. The first-order valence-electron chi connectivity index (χ1n) is 10.3. The fourth-order valence-electron chi connectivity index (χ4n) is 4.90. The minimum absolute atomic E-state index is 0.0137. The van der Waals surface area contributed by atoms with Crippen LogP contribution >= 0.6 is 11.8 Å². The van der Waals surface area contributed by atoms with Crippen molar-refractivity contribution in [3.63, 3.8) is 0 Å². The Hall–Kier alpha value is -1.16. The molecule has 0 bridgehead atoms. The average Bonchev–Trinajstić information content (AvgIpc) is 3.09. The third kappa shape index (κ3) is 4.05. The standard InChI is InChI=1S/C22H31NO2S/c1-16-9-10-19-18(13-16)20(14-22(25-19)11-5-6-12-22)26-15-21(24)23-17-7-3-2-4-8-17/h9-10,13,17,20H,2-8,11-12,14-15H2,1H3,(H,23,24)/t20-/m1/s1. The number of carbonyl (C=O) groups excluding carboxylic acids is 1. The van der Waals surface area contributed by atoms with Gasteiger partial charge in [0.25, 0.3) is 0 Å². The van der Waals surface area contributed by atoms with Gasteiger partial charge in [0, 0.05) is 23.3 Å². The topological polar surface area (TPSA) is 38.3 Å². The zero-order chi connectivity index (χ0) is 18.0. The largest absolute Gasteiger partial charge is 0.487 e. The summed E-state index contributed by atoms with van der Waals surface area (Å²) in [5, 5.41) is 3.63. The molecule has 142 valence electrons. The molecule has 0 radical (unpaired) electrons.